The van der Waals surface area contributed by atoms with Crippen LogP contribution in [0.15, 0.2) is 54.7 Å². The highest BCUT2D eigenvalue weighted by Gasteiger charge is 2.12. The number of benzene rings is 1. The molecule has 0 saturated carbocycles. The lowest BCUT2D eigenvalue weighted by Crippen LogP contribution is -2.27. The Balaban J connectivity index is 1.62. The second kappa shape index (κ2) is 7.99. The van der Waals surface area contributed by atoms with Crippen LogP contribution in [0.5, 0.6) is 0 Å². The van der Waals surface area contributed by atoms with Crippen LogP contribution in [-0.2, 0) is 17.6 Å². The number of rotatable bonds is 6. The number of H-pyrrole nitrogens is 1. The second-order valence-electron chi connectivity index (χ2n) is 5.29. The lowest BCUT2D eigenvalue weighted by molar-refractivity contribution is -0.120. The van der Waals surface area contributed by atoms with Gasteiger partial charge in [0.25, 0.3) is 0 Å². The van der Waals surface area contributed by atoms with E-state index in [9.17, 15) is 4.79 Å². The summed E-state index contributed by atoms with van der Waals surface area (Å²) in [6, 6.07) is 15.8. The average Bonchev–Trinajstić information content (AvgIpc) is 2.97. The van der Waals surface area contributed by atoms with E-state index in [1.165, 1.54) is 11.3 Å². The smallest absolute Gasteiger partial charge is 0.225 e. The molecule has 0 fully saturated rings. The molecule has 0 aliphatic carbocycles. The van der Waals surface area contributed by atoms with E-state index in [0.29, 0.717) is 16.9 Å². The zero-order chi connectivity index (χ0) is 16.8. The fourth-order valence-corrected chi connectivity index (χ4v) is 3.64. The number of carbonyl (C=O) groups is 1. The number of nitrogens with one attached hydrogen (secondary N) is 2. The van der Waals surface area contributed by atoms with Crippen LogP contribution in [0.4, 0.5) is 0 Å². The topological polar surface area (TPSA) is 57.8 Å². The third-order valence-electron chi connectivity index (χ3n) is 3.52. The van der Waals surface area contributed by atoms with Crippen molar-refractivity contribution in [2.45, 2.75) is 12.8 Å². The Morgan fingerprint density at radius 3 is 2.71 bits per heavy atom. The van der Waals surface area contributed by atoms with Crippen molar-refractivity contribution >= 4 is 29.5 Å². The van der Waals surface area contributed by atoms with Crippen molar-refractivity contribution in [3.8, 4) is 10.4 Å². The molecule has 24 heavy (non-hydrogen) atoms. The molecule has 0 aliphatic heterocycles. The van der Waals surface area contributed by atoms with Crippen molar-refractivity contribution in [1.29, 1.82) is 0 Å². The lowest BCUT2D eigenvalue weighted by Gasteiger charge is -2.06. The van der Waals surface area contributed by atoms with Gasteiger partial charge in [0.2, 0.25) is 5.91 Å². The first-order valence-corrected chi connectivity index (χ1v) is 8.89. The summed E-state index contributed by atoms with van der Waals surface area (Å²) in [5.74, 6) is -0.0211. The minimum atomic E-state index is -0.0211. The van der Waals surface area contributed by atoms with Crippen LogP contribution in [0.3, 0.4) is 0 Å². The summed E-state index contributed by atoms with van der Waals surface area (Å²) in [6.45, 7) is 0.571. The summed E-state index contributed by atoms with van der Waals surface area (Å²) in [6.07, 6.45) is 2.77. The highest BCUT2D eigenvalue weighted by atomic mass is 32.1. The number of amides is 1. The molecule has 3 aromatic rings. The van der Waals surface area contributed by atoms with Gasteiger partial charge in [0.05, 0.1) is 11.3 Å². The lowest BCUT2D eigenvalue weighted by atomic mass is 10.1. The molecule has 0 atom stereocenters. The molecule has 2 N–H and O–H groups in total. The van der Waals surface area contributed by atoms with Gasteiger partial charge in [0, 0.05) is 30.6 Å². The first kappa shape index (κ1) is 16.5. The molecule has 0 bridgehead atoms. The Morgan fingerprint density at radius 2 is 1.96 bits per heavy atom. The fourth-order valence-electron chi connectivity index (χ4n) is 2.41. The maximum absolute atomic E-state index is 12.2. The van der Waals surface area contributed by atoms with Gasteiger partial charge in [-0.1, -0.05) is 36.4 Å². The summed E-state index contributed by atoms with van der Waals surface area (Å²) >= 11 is 6.75. The largest absolute Gasteiger partial charge is 0.355 e. The van der Waals surface area contributed by atoms with E-state index in [1.54, 1.807) is 6.20 Å². The maximum atomic E-state index is 12.2. The van der Waals surface area contributed by atoms with E-state index in [2.05, 4.69) is 15.3 Å². The zero-order valence-electron chi connectivity index (χ0n) is 13.0. The maximum Gasteiger partial charge on any atom is 0.225 e. The first-order valence-electron chi connectivity index (χ1n) is 7.66. The van der Waals surface area contributed by atoms with Crippen LogP contribution in [0.2, 0.25) is 0 Å². The van der Waals surface area contributed by atoms with E-state index in [4.69, 9.17) is 12.2 Å². The van der Waals surface area contributed by atoms with E-state index >= 15 is 0 Å². The van der Waals surface area contributed by atoms with Crippen LogP contribution < -0.4 is 5.32 Å². The Bertz CT molecular complexity index is 857. The highest BCUT2D eigenvalue weighted by molar-refractivity contribution is 7.73. The van der Waals surface area contributed by atoms with E-state index in [-0.39, 0.29) is 5.91 Å². The van der Waals surface area contributed by atoms with Gasteiger partial charge in [-0.15, -0.1) is 11.3 Å². The van der Waals surface area contributed by atoms with E-state index < -0.39 is 0 Å². The minimum Gasteiger partial charge on any atom is -0.355 e. The molecule has 0 aliphatic rings. The Hall–Kier alpha value is -2.31. The predicted molar refractivity (Wildman–Crippen MR) is 99.6 cm³/mol. The van der Waals surface area contributed by atoms with Crippen molar-refractivity contribution in [3.63, 3.8) is 0 Å². The average molecular weight is 355 g/mol. The standard InChI is InChI=1S/C18H17N3OS2/c22-16(20-11-9-14-8-4-5-10-19-14)12-15-17(24-18(23)21-15)13-6-2-1-3-7-13/h1-8,10H,9,11-12H2,(H,20,22)(H,21,23). The van der Waals surface area contributed by atoms with Crippen molar-refractivity contribution in [2.24, 2.45) is 0 Å². The Labute approximate surface area is 149 Å². The quantitative estimate of drug-likeness (QED) is 0.662. The number of hydrogen-bond acceptors (Lipinski definition) is 4. The molecule has 2 heterocycles. The van der Waals surface area contributed by atoms with Crippen molar-refractivity contribution < 1.29 is 4.79 Å². The van der Waals surface area contributed by atoms with Gasteiger partial charge in [-0.25, -0.2) is 0 Å². The van der Waals surface area contributed by atoms with Crippen molar-refractivity contribution in [2.75, 3.05) is 6.54 Å². The van der Waals surface area contributed by atoms with Crippen LogP contribution in [0, 0.1) is 3.95 Å². The second-order valence-corrected chi connectivity index (χ2v) is 6.97. The number of aromatic amines is 1. The fraction of sp³-hybridized carbons (Fsp3) is 0.167. The molecule has 2 aromatic heterocycles. The molecule has 0 unspecified atom stereocenters. The van der Waals surface area contributed by atoms with Crippen LogP contribution in [-0.4, -0.2) is 22.4 Å². The number of nitrogens with zero attached hydrogens (tertiary/aromatic N) is 1. The molecular weight excluding hydrogens is 338 g/mol. The van der Waals surface area contributed by atoms with E-state index in [1.807, 2.05) is 48.5 Å². The number of pyridine rings is 1. The number of aromatic nitrogens is 2. The monoisotopic (exact) mass is 355 g/mol. The molecule has 122 valence electrons. The molecule has 6 heteroatoms. The molecule has 1 amide bonds. The molecule has 1 aromatic carbocycles. The summed E-state index contributed by atoms with van der Waals surface area (Å²) in [5.41, 5.74) is 2.91. The molecular formula is C18H17N3OS2. The number of carbonyl (C=O) groups excluding carboxylic acids is 1. The predicted octanol–water partition coefficient (Wildman–Crippen LogP) is 3.77. The van der Waals surface area contributed by atoms with Gasteiger partial charge in [-0.3, -0.25) is 9.78 Å². The molecule has 4 nitrogen and oxygen atoms in total. The summed E-state index contributed by atoms with van der Waals surface area (Å²) in [7, 11) is 0. The van der Waals surface area contributed by atoms with Gasteiger partial charge in [-0.05, 0) is 29.9 Å². The van der Waals surface area contributed by atoms with Gasteiger partial charge in [0.15, 0.2) is 3.95 Å². The Morgan fingerprint density at radius 1 is 1.17 bits per heavy atom. The zero-order valence-corrected chi connectivity index (χ0v) is 14.6. The summed E-state index contributed by atoms with van der Waals surface area (Å²) in [4.78, 5) is 20.6. The summed E-state index contributed by atoms with van der Waals surface area (Å²) in [5, 5.41) is 2.94. The van der Waals surface area contributed by atoms with E-state index in [0.717, 1.165) is 28.2 Å². The molecule has 0 saturated heterocycles. The van der Waals surface area contributed by atoms with Gasteiger partial charge in [-0.2, -0.15) is 0 Å². The SMILES string of the molecule is O=C(Cc1[nH]c(=S)sc1-c1ccccc1)NCCc1ccccn1. The number of thiazole rings is 1. The third kappa shape index (κ3) is 4.37. The molecule has 3 rings (SSSR count). The highest BCUT2D eigenvalue weighted by Crippen LogP contribution is 2.28. The van der Waals surface area contributed by atoms with Crippen molar-refractivity contribution in [1.82, 2.24) is 15.3 Å². The van der Waals surface area contributed by atoms with Gasteiger partial charge >= 0.3 is 0 Å². The van der Waals surface area contributed by atoms with Crippen LogP contribution in [0.25, 0.3) is 10.4 Å². The Kier molecular flexibility index (Phi) is 5.51. The minimum absolute atomic E-state index is 0.0211. The molecule has 0 radical (unpaired) electrons. The normalized spacial score (nSPS) is 10.5. The van der Waals surface area contributed by atoms with Crippen molar-refractivity contribution in [3.05, 3.63) is 70.1 Å². The summed E-state index contributed by atoms with van der Waals surface area (Å²) < 4.78 is 0.685. The molecule has 0 spiro atoms. The van der Waals surface area contributed by atoms with Gasteiger partial charge in [0.1, 0.15) is 0 Å². The van der Waals surface area contributed by atoms with Crippen LogP contribution in [0.1, 0.15) is 11.4 Å². The van der Waals surface area contributed by atoms with Crippen LogP contribution >= 0.6 is 23.6 Å². The third-order valence-corrected chi connectivity index (χ3v) is 4.85. The first-order chi connectivity index (χ1) is 11.7. The number of hydrogen-bond donors (Lipinski definition) is 2. The van der Waals surface area contributed by atoms with Gasteiger partial charge < -0.3 is 10.3 Å².